The molecule has 5 nitrogen and oxygen atoms in total. The maximum Gasteiger partial charge on any atom is 0.339 e. The molecule has 118 valence electrons. The minimum atomic E-state index is -1.27. The molecule has 0 bridgehead atoms. The SMILES string of the molecule is O=C(O)c1ccc(N2C(=O)C(Cl)C2c2ccc(F)cc2)cc1O. The number of nitrogens with zero attached hydrogens (tertiary/aromatic N) is 1. The molecule has 2 aromatic rings. The summed E-state index contributed by atoms with van der Waals surface area (Å²) in [5, 5.41) is 17.9. The van der Waals surface area contributed by atoms with Crippen molar-refractivity contribution in [2.75, 3.05) is 4.90 Å². The zero-order valence-corrected chi connectivity index (χ0v) is 12.4. The van der Waals surface area contributed by atoms with Crippen LogP contribution in [0.4, 0.5) is 10.1 Å². The van der Waals surface area contributed by atoms with Gasteiger partial charge in [-0.25, -0.2) is 9.18 Å². The van der Waals surface area contributed by atoms with Gasteiger partial charge in [-0.05, 0) is 29.8 Å². The summed E-state index contributed by atoms with van der Waals surface area (Å²) in [4.78, 5) is 24.3. The number of aromatic hydroxyl groups is 1. The van der Waals surface area contributed by atoms with E-state index < -0.39 is 29.0 Å². The number of halogens is 2. The fourth-order valence-electron chi connectivity index (χ4n) is 2.57. The highest BCUT2D eigenvalue weighted by atomic mass is 35.5. The first-order chi connectivity index (χ1) is 10.9. The summed E-state index contributed by atoms with van der Waals surface area (Å²) >= 11 is 6.06. The van der Waals surface area contributed by atoms with Crippen LogP contribution in [0.15, 0.2) is 42.5 Å². The van der Waals surface area contributed by atoms with Crippen LogP contribution < -0.4 is 4.90 Å². The van der Waals surface area contributed by atoms with E-state index >= 15 is 0 Å². The molecular formula is C16H11ClFNO4. The van der Waals surface area contributed by atoms with Gasteiger partial charge >= 0.3 is 5.97 Å². The summed E-state index contributed by atoms with van der Waals surface area (Å²) in [5.41, 5.74) is 0.707. The third-order valence-corrected chi connectivity index (χ3v) is 4.16. The Labute approximate surface area is 135 Å². The summed E-state index contributed by atoms with van der Waals surface area (Å²) in [6.45, 7) is 0. The molecule has 1 heterocycles. The Morgan fingerprint density at radius 2 is 1.83 bits per heavy atom. The third kappa shape index (κ3) is 2.51. The summed E-state index contributed by atoms with van der Waals surface area (Å²) in [7, 11) is 0. The molecule has 2 aromatic carbocycles. The predicted molar refractivity (Wildman–Crippen MR) is 81.3 cm³/mol. The Hall–Kier alpha value is -2.60. The monoisotopic (exact) mass is 335 g/mol. The van der Waals surface area contributed by atoms with Crippen LogP contribution in [-0.2, 0) is 4.79 Å². The number of rotatable bonds is 3. The van der Waals surface area contributed by atoms with Crippen LogP contribution in [0.3, 0.4) is 0 Å². The van der Waals surface area contributed by atoms with Crippen LogP contribution in [0.2, 0.25) is 0 Å². The van der Waals surface area contributed by atoms with Crippen molar-refractivity contribution in [2.24, 2.45) is 0 Å². The van der Waals surface area contributed by atoms with Crippen molar-refractivity contribution in [3.63, 3.8) is 0 Å². The van der Waals surface area contributed by atoms with Crippen molar-refractivity contribution < 1.29 is 24.2 Å². The molecule has 0 aliphatic carbocycles. The highest BCUT2D eigenvalue weighted by molar-refractivity contribution is 6.37. The summed E-state index contributed by atoms with van der Waals surface area (Å²) in [5.74, 6) is -2.49. The van der Waals surface area contributed by atoms with Crippen molar-refractivity contribution in [2.45, 2.75) is 11.4 Å². The second-order valence-electron chi connectivity index (χ2n) is 5.11. The lowest BCUT2D eigenvalue weighted by atomic mass is 9.92. The molecule has 1 aliphatic rings. The smallest absolute Gasteiger partial charge is 0.339 e. The number of hydrogen-bond donors (Lipinski definition) is 2. The predicted octanol–water partition coefficient (Wildman–Crippen LogP) is 2.92. The highest BCUT2D eigenvalue weighted by Gasteiger charge is 2.48. The number of aromatic carboxylic acids is 1. The first-order valence-corrected chi connectivity index (χ1v) is 7.12. The molecule has 2 atom stereocenters. The lowest BCUT2D eigenvalue weighted by molar-refractivity contribution is -0.123. The molecule has 1 aliphatic heterocycles. The minimum absolute atomic E-state index is 0.262. The molecule has 23 heavy (non-hydrogen) atoms. The Bertz CT molecular complexity index is 793. The number of β-lactam (4-membered cyclic amide) rings is 1. The lowest BCUT2D eigenvalue weighted by Crippen LogP contribution is -2.56. The van der Waals surface area contributed by atoms with Crippen LogP contribution in [-0.4, -0.2) is 27.5 Å². The molecule has 1 saturated heterocycles. The lowest BCUT2D eigenvalue weighted by Gasteiger charge is -2.44. The van der Waals surface area contributed by atoms with Gasteiger partial charge in [-0.2, -0.15) is 0 Å². The van der Waals surface area contributed by atoms with Crippen molar-refractivity contribution in [3.8, 4) is 5.75 Å². The first kappa shape index (κ1) is 15.3. The number of amides is 1. The van der Waals surface area contributed by atoms with Gasteiger partial charge < -0.3 is 15.1 Å². The zero-order valence-electron chi connectivity index (χ0n) is 11.6. The molecular weight excluding hydrogens is 325 g/mol. The van der Waals surface area contributed by atoms with Gasteiger partial charge in [0.25, 0.3) is 0 Å². The van der Waals surface area contributed by atoms with Crippen LogP contribution in [0.5, 0.6) is 5.75 Å². The molecule has 0 radical (unpaired) electrons. The van der Waals surface area contributed by atoms with Gasteiger partial charge in [0.2, 0.25) is 5.91 Å². The fourth-order valence-corrected chi connectivity index (χ4v) is 2.93. The van der Waals surface area contributed by atoms with Crippen LogP contribution in [0, 0.1) is 5.82 Å². The van der Waals surface area contributed by atoms with E-state index in [1.54, 1.807) is 0 Å². The standard InChI is InChI=1S/C16H11ClFNO4/c17-13-14(8-1-3-9(18)4-2-8)19(15(13)21)10-5-6-11(16(22)23)12(20)7-10/h1-7,13-14,20H,(H,22,23). The maximum absolute atomic E-state index is 13.0. The van der Waals surface area contributed by atoms with Crippen molar-refractivity contribution in [1.82, 2.24) is 0 Å². The van der Waals surface area contributed by atoms with Gasteiger partial charge in [0.1, 0.15) is 22.5 Å². The second kappa shape index (κ2) is 5.55. The number of anilines is 1. The van der Waals surface area contributed by atoms with E-state index in [1.807, 2.05) is 0 Å². The van der Waals surface area contributed by atoms with E-state index in [0.717, 1.165) is 0 Å². The number of phenols is 1. The van der Waals surface area contributed by atoms with E-state index in [1.165, 1.54) is 47.4 Å². The second-order valence-corrected chi connectivity index (χ2v) is 5.58. The van der Waals surface area contributed by atoms with Crippen LogP contribution in [0.25, 0.3) is 0 Å². The highest BCUT2D eigenvalue weighted by Crippen LogP contribution is 2.43. The Balaban J connectivity index is 1.97. The van der Waals surface area contributed by atoms with Crippen LogP contribution in [0.1, 0.15) is 22.0 Å². The number of carbonyl (C=O) groups is 2. The number of hydrogen-bond acceptors (Lipinski definition) is 3. The van der Waals surface area contributed by atoms with E-state index in [9.17, 15) is 19.1 Å². The molecule has 0 saturated carbocycles. The molecule has 1 fully saturated rings. The topological polar surface area (TPSA) is 77.8 Å². The van der Waals surface area contributed by atoms with Crippen molar-refractivity contribution in [3.05, 3.63) is 59.4 Å². The molecule has 2 N–H and O–H groups in total. The first-order valence-electron chi connectivity index (χ1n) is 6.69. The van der Waals surface area contributed by atoms with Crippen LogP contribution >= 0.6 is 11.6 Å². The van der Waals surface area contributed by atoms with Gasteiger partial charge in [-0.1, -0.05) is 12.1 Å². The number of carbonyl (C=O) groups excluding carboxylic acids is 1. The molecule has 2 unspecified atom stereocenters. The van der Waals surface area contributed by atoms with Crippen molar-refractivity contribution in [1.29, 1.82) is 0 Å². The average molecular weight is 336 g/mol. The fraction of sp³-hybridized carbons (Fsp3) is 0.125. The third-order valence-electron chi connectivity index (χ3n) is 3.73. The maximum atomic E-state index is 13.0. The van der Waals surface area contributed by atoms with Gasteiger partial charge in [-0.3, -0.25) is 4.79 Å². The summed E-state index contributed by atoms with van der Waals surface area (Å²) in [6, 6.07) is 8.90. The average Bonchev–Trinajstić information content (AvgIpc) is 2.52. The number of carboxylic acids is 1. The summed E-state index contributed by atoms with van der Waals surface area (Å²) in [6.07, 6.45) is 0. The normalized spacial score (nSPS) is 20.3. The van der Waals surface area contributed by atoms with E-state index in [-0.39, 0.29) is 11.5 Å². The number of benzene rings is 2. The quantitative estimate of drug-likeness (QED) is 0.668. The number of alkyl halides is 1. The molecule has 7 heteroatoms. The van der Waals surface area contributed by atoms with E-state index in [4.69, 9.17) is 16.7 Å². The van der Waals surface area contributed by atoms with Gasteiger partial charge in [0, 0.05) is 11.8 Å². The van der Waals surface area contributed by atoms with Crippen molar-refractivity contribution >= 4 is 29.2 Å². The zero-order chi connectivity index (χ0) is 16.7. The van der Waals surface area contributed by atoms with E-state index in [2.05, 4.69) is 0 Å². The Morgan fingerprint density at radius 3 is 2.39 bits per heavy atom. The summed E-state index contributed by atoms with van der Waals surface area (Å²) < 4.78 is 13.0. The molecule has 1 amide bonds. The van der Waals surface area contributed by atoms with E-state index in [0.29, 0.717) is 11.3 Å². The van der Waals surface area contributed by atoms with Gasteiger partial charge in [-0.15, -0.1) is 11.6 Å². The van der Waals surface area contributed by atoms with Gasteiger partial charge in [0.05, 0.1) is 6.04 Å². The Morgan fingerprint density at radius 1 is 1.17 bits per heavy atom. The Kier molecular flexibility index (Phi) is 3.69. The number of carboxylic acid groups (broad SMARTS) is 1. The molecule has 3 rings (SSSR count). The minimum Gasteiger partial charge on any atom is -0.507 e. The molecule has 0 spiro atoms. The van der Waals surface area contributed by atoms with Gasteiger partial charge in [0.15, 0.2) is 0 Å². The largest absolute Gasteiger partial charge is 0.507 e. The molecule has 0 aromatic heterocycles.